The van der Waals surface area contributed by atoms with Gasteiger partial charge in [-0.25, -0.2) is 4.79 Å². The van der Waals surface area contributed by atoms with Crippen molar-refractivity contribution >= 4 is 17.8 Å². The zero-order chi connectivity index (χ0) is 46.7. The maximum atomic E-state index is 12.9. The number of carbonyl (C=O) groups is 3. The van der Waals surface area contributed by atoms with E-state index in [2.05, 4.69) is 92.1 Å². The van der Waals surface area contributed by atoms with Crippen molar-refractivity contribution in [2.24, 2.45) is 5.73 Å². The highest BCUT2D eigenvalue weighted by atomic mass is 16.5. The molecule has 0 aromatic heterocycles. The van der Waals surface area contributed by atoms with E-state index < -0.39 is 12.0 Å². The third-order valence-electron chi connectivity index (χ3n) is 11.8. The van der Waals surface area contributed by atoms with Crippen LogP contribution in [0.1, 0.15) is 251 Å². The Morgan fingerprint density at radius 3 is 1.33 bits per heavy atom. The van der Waals surface area contributed by atoms with E-state index in [1.165, 1.54) is 103 Å². The lowest BCUT2D eigenvalue weighted by molar-refractivity contribution is -0.150. The molecule has 0 aromatic carbocycles. The van der Waals surface area contributed by atoms with E-state index in [1.54, 1.807) is 0 Å². The molecule has 0 aliphatic rings. The first-order valence-electron chi connectivity index (χ1n) is 26.8. The summed E-state index contributed by atoms with van der Waals surface area (Å²) in [5.41, 5.74) is 5.50. The number of nitrogens with one attached hydrogen (secondary N) is 1. The molecular weight excluding hydrogens is 793 g/mol. The quantitative estimate of drug-likeness (QED) is 0.0318. The summed E-state index contributed by atoms with van der Waals surface area (Å²) in [5, 5.41) is 12.0. The molecule has 368 valence electrons. The Bertz CT molecular complexity index is 1230. The van der Waals surface area contributed by atoms with Crippen molar-refractivity contribution in [2.45, 2.75) is 264 Å². The van der Waals surface area contributed by atoms with E-state index in [0.717, 1.165) is 109 Å². The van der Waals surface area contributed by atoms with Crippen molar-refractivity contribution in [3.63, 3.8) is 0 Å². The predicted octanol–water partition coefficient (Wildman–Crippen LogP) is 16.2. The highest BCUT2D eigenvalue weighted by Gasteiger charge is 2.19. The van der Waals surface area contributed by atoms with Crippen molar-refractivity contribution in [1.82, 2.24) is 5.32 Å². The van der Waals surface area contributed by atoms with E-state index >= 15 is 0 Å². The van der Waals surface area contributed by atoms with Gasteiger partial charge in [-0.3, -0.25) is 9.59 Å². The molecule has 0 heterocycles. The number of hydrogen-bond acceptors (Lipinski definition) is 5. The standard InChI is InChI=1S/C57H100N2O5/c1-3-5-7-9-11-13-15-17-19-20-21-22-23-24-25-26-28-30-32-34-36-41-45-51-56(61)64-53(47-42-38-35-33-31-29-27-18-16-14-12-10-8-6-4-2)48-43-39-37-40-44-50-55(60)59-54(57(62)63)49-46-52-58/h6,8,12,14-15,17-18,20-21,27,31,33,53-54H,3-5,7,9-11,13,16,19,22-26,28-30,32,34-52,58H2,1-2H3,(H,59,60)(H,62,63)/b8-6-,14-12-,17-15-,21-20-,27-18-,33-31-. The Balaban J connectivity index is 4.30. The zero-order valence-electron chi connectivity index (χ0n) is 41.6. The summed E-state index contributed by atoms with van der Waals surface area (Å²) in [4.78, 5) is 36.6. The summed E-state index contributed by atoms with van der Waals surface area (Å²) in [7, 11) is 0. The fourth-order valence-corrected chi connectivity index (χ4v) is 7.77. The van der Waals surface area contributed by atoms with Gasteiger partial charge in [0.15, 0.2) is 0 Å². The topological polar surface area (TPSA) is 119 Å². The number of unbranched alkanes of at least 4 members (excludes halogenated alkanes) is 22. The molecule has 0 aliphatic heterocycles. The zero-order valence-corrected chi connectivity index (χ0v) is 41.6. The van der Waals surface area contributed by atoms with Gasteiger partial charge in [-0.05, 0) is 129 Å². The van der Waals surface area contributed by atoms with Crippen LogP contribution in [0.5, 0.6) is 0 Å². The van der Waals surface area contributed by atoms with Crippen molar-refractivity contribution in [2.75, 3.05) is 6.54 Å². The number of carboxylic acid groups (broad SMARTS) is 1. The summed E-state index contributed by atoms with van der Waals surface area (Å²) < 4.78 is 6.07. The second-order valence-corrected chi connectivity index (χ2v) is 17.9. The van der Waals surface area contributed by atoms with Gasteiger partial charge in [0.25, 0.3) is 0 Å². The van der Waals surface area contributed by atoms with Crippen molar-refractivity contribution in [1.29, 1.82) is 0 Å². The molecule has 7 heteroatoms. The largest absolute Gasteiger partial charge is 0.480 e. The third-order valence-corrected chi connectivity index (χ3v) is 11.8. The molecule has 0 aliphatic carbocycles. The molecule has 7 nitrogen and oxygen atoms in total. The fourth-order valence-electron chi connectivity index (χ4n) is 7.77. The van der Waals surface area contributed by atoms with Gasteiger partial charge < -0.3 is 20.9 Å². The Labute approximate surface area is 394 Å². The van der Waals surface area contributed by atoms with Crippen LogP contribution in [0.3, 0.4) is 0 Å². The summed E-state index contributed by atoms with van der Waals surface area (Å²) in [6.07, 6.45) is 66.8. The van der Waals surface area contributed by atoms with E-state index in [-0.39, 0.29) is 18.0 Å². The normalized spacial score (nSPS) is 13.2. The van der Waals surface area contributed by atoms with Crippen LogP contribution < -0.4 is 11.1 Å². The number of ether oxygens (including phenoxy) is 1. The number of allylic oxidation sites excluding steroid dienone is 12. The van der Waals surface area contributed by atoms with Crippen LogP contribution in [0.4, 0.5) is 0 Å². The van der Waals surface area contributed by atoms with Gasteiger partial charge in [0.05, 0.1) is 0 Å². The maximum Gasteiger partial charge on any atom is 0.326 e. The molecule has 0 fully saturated rings. The first-order valence-corrected chi connectivity index (χ1v) is 26.8. The lowest BCUT2D eigenvalue weighted by Crippen LogP contribution is -2.40. The van der Waals surface area contributed by atoms with Gasteiger partial charge in [-0.1, -0.05) is 189 Å². The second-order valence-electron chi connectivity index (χ2n) is 17.9. The number of esters is 1. The maximum absolute atomic E-state index is 12.9. The van der Waals surface area contributed by atoms with Gasteiger partial charge in [-0.15, -0.1) is 0 Å². The molecule has 0 radical (unpaired) electrons. The highest BCUT2D eigenvalue weighted by Crippen LogP contribution is 2.19. The molecule has 0 rings (SSSR count). The predicted molar refractivity (Wildman–Crippen MR) is 276 cm³/mol. The molecule has 0 aromatic rings. The van der Waals surface area contributed by atoms with Gasteiger partial charge in [-0.2, -0.15) is 0 Å². The molecule has 2 atom stereocenters. The minimum atomic E-state index is -1.01. The molecule has 0 spiro atoms. The number of nitrogens with two attached hydrogens (primary N) is 1. The van der Waals surface area contributed by atoms with Gasteiger partial charge in [0, 0.05) is 12.8 Å². The van der Waals surface area contributed by atoms with Crippen molar-refractivity contribution in [3.05, 3.63) is 72.9 Å². The number of amides is 1. The second kappa shape index (κ2) is 50.8. The molecule has 0 bridgehead atoms. The van der Waals surface area contributed by atoms with Crippen LogP contribution in [0.2, 0.25) is 0 Å². The molecule has 4 N–H and O–H groups in total. The number of hydrogen-bond donors (Lipinski definition) is 3. The lowest BCUT2D eigenvalue weighted by atomic mass is 10.0. The van der Waals surface area contributed by atoms with Crippen LogP contribution in [0.25, 0.3) is 0 Å². The van der Waals surface area contributed by atoms with E-state index in [4.69, 9.17) is 10.5 Å². The van der Waals surface area contributed by atoms with Crippen LogP contribution in [0.15, 0.2) is 72.9 Å². The fraction of sp³-hybridized carbons (Fsp3) is 0.737. The average Bonchev–Trinajstić information content (AvgIpc) is 3.28. The minimum absolute atomic E-state index is 0.0318. The SMILES string of the molecule is CC/C=C\C/C=C\C/C=C\C/C=C\CCCCC(CCCCCCCC(=O)NC(CCCN)C(=O)O)OC(=O)CCCCCCCCCCCCC/C=C\C/C=C\CCCCCCC. The molecule has 0 saturated carbocycles. The first kappa shape index (κ1) is 60.8. The van der Waals surface area contributed by atoms with Gasteiger partial charge in [0.2, 0.25) is 5.91 Å². The Kier molecular flexibility index (Phi) is 48.3. The molecule has 2 unspecified atom stereocenters. The van der Waals surface area contributed by atoms with E-state index in [0.29, 0.717) is 32.2 Å². The molecular formula is C57H100N2O5. The van der Waals surface area contributed by atoms with Crippen LogP contribution >= 0.6 is 0 Å². The van der Waals surface area contributed by atoms with Crippen molar-refractivity contribution in [3.8, 4) is 0 Å². The first-order chi connectivity index (χ1) is 31.4. The summed E-state index contributed by atoms with van der Waals surface area (Å²) in [5.74, 6) is -1.26. The monoisotopic (exact) mass is 893 g/mol. The summed E-state index contributed by atoms with van der Waals surface area (Å²) >= 11 is 0. The van der Waals surface area contributed by atoms with Gasteiger partial charge in [0.1, 0.15) is 12.1 Å². The number of carbonyl (C=O) groups excluding carboxylic acids is 2. The Hall–Kier alpha value is -3.19. The molecule has 1 amide bonds. The van der Waals surface area contributed by atoms with Gasteiger partial charge >= 0.3 is 11.9 Å². The number of rotatable bonds is 48. The highest BCUT2D eigenvalue weighted by molar-refractivity contribution is 5.83. The Morgan fingerprint density at radius 1 is 0.469 bits per heavy atom. The molecule has 64 heavy (non-hydrogen) atoms. The van der Waals surface area contributed by atoms with Crippen LogP contribution in [-0.2, 0) is 19.1 Å². The Morgan fingerprint density at radius 2 is 0.859 bits per heavy atom. The third kappa shape index (κ3) is 46.8. The molecule has 0 saturated heterocycles. The number of carboxylic acids is 1. The summed E-state index contributed by atoms with van der Waals surface area (Å²) in [6, 6.07) is -0.866. The minimum Gasteiger partial charge on any atom is -0.480 e. The number of aliphatic carboxylic acids is 1. The van der Waals surface area contributed by atoms with E-state index in [9.17, 15) is 19.5 Å². The van der Waals surface area contributed by atoms with E-state index in [1.807, 2.05) is 0 Å². The van der Waals surface area contributed by atoms with Crippen LogP contribution in [-0.4, -0.2) is 41.6 Å². The van der Waals surface area contributed by atoms with Crippen LogP contribution in [0, 0.1) is 0 Å². The lowest BCUT2D eigenvalue weighted by Gasteiger charge is -2.18. The average molecular weight is 893 g/mol. The summed E-state index contributed by atoms with van der Waals surface area (Å²) in [6.45, 7) is 4.83. The smallest absolute Gasteiger partial charge is 0.326 e. The van der Waals surface area contributed by atoms with Crippen molar-refractivity contribution < 1.29 is 24.2 Å².